The van der Waals surface area contributed by atoms with Crippen LogP contribution in [0, 0.1) is 0 Å². The summed E-state index contributed by atoms with van der Waals surface area (Å²) in [5.74, 6) is 0.274. The molecule has 1 aliphatic heterocycles. The fourth-order valence-corrected chi connectivity index (χ4v) is 4.94. The summed E-state index contributed by atoms with van der Waals surface area (Å²) in [4.78, 5) is 32.5. The van der Waals surface area contributed by atoms with Crippen LogP contribution in [0.4, 0.5) is 11.4 Å². The summed E-state index contributed by atoms with van der Waals surface area (Å²) in [6.07, 6.45) is 0.697. The molecule has 3 aromatic rings. The molecule has 1 unspecified atom stereocenters. The largest absolute Gasteiger partial charge is 0.497 e. The second-order valence-electron chi connectivity index (χ2n) is 7.82. The molecule has 1 atom stereocenters. The minimum atomic E-state index is -0.616. The van der Waals surface area contributed by atoms with Crippen molar-refractivity contribution in [2.75, 3.05) is 19.0 Å². The van der Waals surface area contributed by atoms with E-state index in [-0.39, 0.29) is 18.2 Å². The third-order valence-corrected chi connectivity index (χ3v) is 7.03. The van der Waals surface area contributed by atoms with Gasteiger partial charge in [0.2, 0.25) is 11.8 Å². The van der Waals surface area contributed by atoms with Crippen molar-refractivity contribution in [3.8, 4) is 5.75 Å². The number of thioether (sulfide) groups is 1. The van der Waals surface area contributed by atoms with Gasteiger partial charge in [-0.05, 0) is 66.6 Å². The van der Waals surface area contributed by atoms with Gasteiger partial charge in [-0.25, -0.2) is 4.99 Å². The lowest BCUT2D eigenvalue weighted by molar-refractivity contribution is -0.129. The van der Waals surface area contributed by atoms with E-state index >= 15 is 0 Å². The standard InChI is InChI=1S/C26H23Cl2N3O3S/c1-34-22-11-9-20(10-12-22)29-25(33)23-16-24(32)31(14-13-17-5-7-18(27)8-6-17)26(35-23)30-21-4-2-3-19(28)15-21/h2-12,15,23H,13-14,16H2,1H3,(H,29,33). The molecule has 4 rings (SSSR count). The van der Waals surface area contributed by atoms with Gasteiger partial charge in [0.25, 0.3) is 0 Å². The van der Waals surface area contributed by atoms with E-state index in [4.69, 9.17) is 27.9 Å². The lowest BCUT2D eigenvalue weighted by Gasteiger charge is -2.32. The number of methoxy groups -OCH3 is 1. The molecule has 0 aliphatic carbocycles. The lowest BCUT2D eigenvalue weighted by atomic mass is 10.1. The minimum absolute atomic E-state index is 0.0713. The van der Waals surface area contributed by atoms with E-state index in [1.54, 1.807) is 54.5 Å². The Morgan fingerprint density at radius 3 is 2.51 bits per heavy atom. The molecule has 1 heterocycles. The van der Waals surface area contributed by atoms with Gasteiger partial charge in [-0.3, -0.25) is 14.5 Å². The Morgan fingerprint density at radius 2 is 1.83 bits per heavy atom. The summed E-state index contributed by atoms with van der Waals surface area (Å²) in [6.45, 7) is 0.430. The van der Waals surface area contributed by atoms with Crippen molar-refractivity contribution in [1.82, 2.24) is 4.90 Å². The number of nitrogens with one attached hydrogen (secondary N) is 1. The maximum atomic E-state index is 13.2. The maximum Gasteiger partial charge on any atom is 0.238 e. The summed E-state index contributed by atoms with van der Waals surface area (Å²) in [6, 6.07) is 21.6. The highest BCUT2D eigenvalue weighted by atomic mass is 35.5. The topological polar surface area (TPSA) is 71.0 Å². The molecular formula is C26H23Cl2N3O3S. The number of halogens is 2. The molecule has 0 saturated carbocycles. The molecule has 3 aromatic carbocycles. The summed E-state index contributed by atoms with van der Waals surface area (Å²) in [5, 5.41) is 3.93. The highest BCUT2D eigenvalue weighted by Crippen LogP contribution is 2.31. The number of amidine groups is 1. The van der Waals surface area contributed by atoms with Crippen molar-refractivity contribution in [2.24, 2.45) is 4.99 Å². The number of rotatable bonds is 7. The first-order chi connectivity index (χ1) is 16.9. The molecule has 0 radical (unpaired) electrons. The number of aliphatic imine (C=N–C) groups is 1. The van der Waals surface area contributed by atoms with Gasteiger partial charge in [0.05, 0.1) is 12.8 Å². The van der Waals surface area contributed by atoms with Gasteiger partial charge in [0.1, 0.15) is 11.0 Å². The Labute approximate surface area is 218 Å². The summed E-state index contributed by atoms with van der Waals surface area (Å²) < 4.78 is 5.16. The minimum Gasteiger partial charge on any atom is -0.497 e. The molecule has 1 saturated heterocycles. The zero-order chi connectivity index (χ0) is 24.8. The van der Waals surface area contributed by atoms with Crippen molar-refractivity contribution in [3.05, 3.63) is 88.4 Å². The molecule has 9 heteroatoms. The normalized spacial score (nSPS) is 16.9. The number of hydrogen-bond donors (Lipinski definition) is 1. The first kappa shape index (κ1) is 25.1. The predicted molar refractivity (Wildman–Crippen MR) is 143 cm³/mol. The van der Waals surface area contributed by atoms with Crippen LogP contribution in [0.25, 0.3) is 0 Å². The third kappa shape index (κ3) is 6.78. The molecule has 35 heavy (non-hydrogen) atoms. The fraction of sp³-hybridized carbons (Fsp3) is 0.192. The van der Waals surface area contributed by atoms with Gasteiger partial charge < -0.3 is 10.1 Å². The van der Waals surface area contributed by atoms with E-state index in [0.717, 1.165) is 5.56 Å². The quantitative estimate of drug-likeness (QED) is 0.396. The molecule has 2 amide bonds. The van der Waals surface area contributed by atoms with Gasteiger partial charge >= 0.3 is 0 Å². The Bertz CT molecular complexity index is 1230. The van der Waals surface area contributed by atoms with E-state index in [1.807, 2.05) is 30.3 Å². The Balaban J connectivity index is 1.53. The number of benzene rings is 3. The lowest BCUT2D eigenvalue weighted by Crippen LogP contribution is -2.46. The van der Waals surface area contributed by atoms with Gasteiger partial charge in [0, 0.05) is 28.7 Å². The molecule has 1 aliphatic rings. The summed E-state index contributed by atoms with van der Waals surface area (Å²) >= 11 is 13.4. The van der Waals surface area contributed by atoms with Crippen molar-refractivity contribution in [1.29, 1.82) is 0 Å². The van der Waals surface area contributed by atoms with E-state index in [2.05, 4.69) is 10.3 Å². The number of hydrogen-bond acceptors (Lipinski definition) is 5. The highest BCUT2D eigenvalue weighted by molar-refractivity contribution is 8.15. The van der Waals surface area contributed by atoms with Crippen LogP contribution in [0.2, 0.25) is 10.0 Å². The van der Waals surface area contributed by atoms with Crippen molar-refractivity contribution < 1.29 is 14.3 Å². The van der Waals surface area contributed by atoms with Crippen LogP contribution in [0.1, 0.15) is 12.0 Å². The zero-order valence-corrected chi connectivity index (χ0v) is 21.2. The van der Waals surface area contributed by atoms with Crippen LogP contribution in [0.15, 0.2) is 77.8 Å². The Morgan fingerprint density at radius 1 is 1.09 bits per heavy atom. The van der Waals surface area contributed by atoms with Crippen molar-refractivity contribution >= 4 is 63.3 Å². The second-order valence-corrected chi connectivity index (χ2v) is 9.87. The van der Waals surface area contributed by atoms with Gasteiger partial charge in [0.15, 0.2) is 5.17 Å². The molecule has 1 N–H and O–H groups in total. The smallest absolute Gasteiger partial charge is 0.238 e. The van der Waals surface area contributed by atoms with Crippen LogP contribution in [0.5, 0.6) is 5.75 Å². The predicted octanol–water partition coefficient (Wildman–Crippen LogP) is 6.21. The second kappa shape index (κ2) is 11.6. The van der Waals surface area contributed by atoms with Crippen LogP contribution < -0.4 is 10.1 Å². The number of ether oxygens (including phenoxy) is 1. The van der Waals surface area contributed by atoms with Crippen LogP contribution in [0.3, 0.4) is 0 Å². The highest BCUT2D eigenvalue weighted by Gasteiger charge is 2.35. The van der Waals surface area contributed by atoms with Gasteiger partial charge in [-0.2, -0.15) is 0 Å². The SMILES string of the molecule is COc1ccc(NC(=O)C2CC(=O)N(CCc3ccc(Cl)cc3)C(=Nc3cccc(Cl)c3)S2)cc1. The fourth-order valence-electron chi connectivity index (χ4n) is 3.51. The maximum absolute atomic E-state index is 13.2. The first-order valence-corrected chi connectivity index (χ1v) is 12.6. The number of nitrogens with zero attached hydrogens (tertiary/aromatic N) is 2. The van der Waals surface area contributed by atoms with Crippen LogP contribution in [-0.2, 0) is 16.0 Å². The molecule has 0 spiro atoms. The molecule has 0 bridgehead atoms. The third-order valence-electron chi connectivity index (χ3n) is 5.36. The summed E-state index contributed by atoms with van der Waals surface area (Å²) in [5.41, 5.74) is 2.29. The molecule has 180 valence electrons. The van der Waals surface area contributed by atoms with Gasteiger partial charge in [-0.1, -0.05) is 53.2 Å². The molecule has 0 aromatic heterocycles. The average molecular weight is 528 g/mol. The Hall–Kier alpha value is -3.00. The number of carbonyl (C=O) groups is 2. The van der Waals surface area contributed by atoms with Crippen molar-refractivity contribution in [3.63, 3.8) is 0 Å². The molecule has 6 nitrogen and oxygen atoms in total. The van der Waals surface area contributed by atoms with E-state index < -0.39 is 5.25 Å². The molecular weight excluding hydrogens is 505 g/mol. The van der Waals surface area contributed by atoms with Crippen LogP contribution >= 0.6 is 35.0 Å². The monoisotopic (exact) mass is 527 g/mol. The number of amides is 2. The van der Waals surface area contributed by atoms with E-state index in [0.29, 0.717) is 45.3 Å². The molecule has 1 fully saturated rings. The van der Waals surface area contributed by atoms with Gasteiger partial charge in [-0.15, -0.1) is 0 Å². The number of carbonyl (C=O) groups excluding carboxylic acids is 2. The Kier molecular flexibility index (Phi) is 8.33. The average Bonchev–Trinajstić information content (AvgIpc) is 2.85. The summed E-state index contributed by atoms with van der Waals surface area (Å²) in [7, 11) is 1.58. The van der Waals surface area contributed by atoms with Crippen molar-refractivity contribution in [2.45, 2.75) is 18.1 Å². The van der Waals surface area contributed by atoms with E-state index in [9.17, 15) is 9.59 Å². The first-order valence-electron chi connectivity index (χ1n) is 10.9. The van der Waals surface area contributed by atoms with E-state index in [1.165, 1.54) is 11.8 Å². The number of anilines is 1. The zero-order valence-electron chi connectivity index (χ0n) is 18.9. The van der Waals surface area contributed by atoms with Crippen LogP contribution in [-0.4, -0.2) is 40.8 Å².